The van der Waals surface area contributed by atoms with Gasteiger partial charge in [-0.2, -0.15) is 4.31 Å². The van der Waals surface area contributed by atoms with Gasteiger partial charge in [0.05, 0.1) is 24.2 Å². The van der Waals surface area contributed by atoms with E-state index in [4.69, 9.17) is 9.98 Å². The van der Waals surface area contributed by atoms with Crippen LogP contribution in [0.2, 0.25) is 0 Å². The van der Waals surface area contributed by atoms with Crippen molar-refractivity contribution in [2.75, 3.05) is 55.3 Å². The number of hydrogen-bond acceptors (Lipinski definition) is 6. The fraction of sp³-hybridized carbons (Fsp3) is 0.333. The minimum atomic E-state index is -3.13. The molecule has 0 bridgehead atoms. The molecule has 0 unspecified atom stereocenters. The molecule has 0 radical (unpaired) electrons. The fourth-order valence-corrected chi connectivity index (χ4v) is 4.97. The van der Waals surface area contributed by atoms with E-state index in [2.05, 4.69) is 40.1 Å². The summed E-state index contributed by atoms with van der Waals surface area (Å²) in [5, 5.41) is 0. The van der Waals surface area contributed by atoms with Crippen molar-refractivity contribution >= 4 is 38.6 Å². The number of piperazine rings is 1. The Morgan fingerprint density at radius 3 is 2.41 bits per heavy atom. The van der Waals surface area contributed by atoms with Crippen LogP contribution in [0.4, 0.5) is 17.1 Å². The molecule has 0 N–H and O–H groups in total. The van der Waals surface area contributed by atoms with E-state index in [0.717, 1.165) is 47.3 Å². The maximum absolute atomic E-state index is 11.8. The van der Waals surface area contributed by atoms with Gasteiger partial charge in [0.25, 0.3) is 0 Å². The van der Waals surface area contributed by atoms with Gasteiger partial charge in [0.2, 0.25) is 10.0 Å². The minimum absolute atomic E-state index is 0.517. The van der Waals surface area contributed by atoms with E-state index in [1.807, 2.05) is 18.2 Å². The van der Waals surface area contributed by atoms with Crippen LogP contribution < -0.4 is 9.80 Å². The summed E-state index contributed by atoms with van der Waals surface area (Å²) >= 11 is 0. The third kappa shape index (κ3) is 3.32. The molecule has 5 rings (SSSR count). The van der Waals surface area contributed by atoms with Crippen LogP contribution in [0.15, 0.2) is 58.5 Å². The second kappa shape index (κ2) is 6.96. The number of rotatable bonds is 3. The Bertz CT molecular complexity index is 1100. The number of nitrogens with zero attached hydrogens (tertiary/aromatic N) is 5. The normalized spacial score (nSPS) is 19.5. The van der Waals surface area contributed by atoms with E-state index >= 15 is 0 Å². The average Bonchev–Trinajstić information content (AvgIpc) is 3.23. The smallest absolute Gasteiger partial charge is 0.211 e. The molecule has 8 heteroatoms. The lowest BCUT2D eigenvalue weighted by Gasteiger charge is -2.36. The van der Waals surface area contributed by atoms with Gasteiger partial charge in [0.15, 0.2) is 5.84 Å². The number of aliphatic imine (C=N–C) groups is 2. The highest BCUT2D eigenvalue weighted by Gasteiger charge is 2.31. The molecular weight excluding hydrogens is 386 g/mol. The Balaban J connectivity index is 1.46. The largest absolute Gasteiger partial charge is 0.369 e. The van der Waals surface area contributed by atoms with Gasteiger partial charge in [-0.15, -0.1) is 0 Å². The predicted molar refractivity (Wildman–Crippen MR) is 117 cm³/mol. The van der Waals surface area contributed by atoms with Crippen molar-refractivity contribution in [3.05, 3.63) is 54.1 Å². The van der Waals surface area contributed by atoms with Crippen molar-refractivity contribution in [1.82, 2.24) is 4.31 Å². The van der Waals surface area contributed by atoms with Gasteiger partial charge in [-0.05, 0) is 18.2 Å². The van der Waals surface area contributed by atoms with Gasteiger partial charge < -0.3 is 9.80 Å². The second-order valence-electron chi connectivity index (χ2n) is 7.51. The number of fused-ring (bicyclic) bond motifs is 3. The summed E-state index contributed by atoms with van der Waals surface area (Å²) in [6.07, 6.45) is 1.28. The summed E-state index contributed by atoms with van der Waals surface area (Å²) in [7, 11) is -3.13. The molecule has 7 nitrogen and oxygen atoms in total. The van der Waals surface area contributed by atoms with E-state index in [9.17, 15) is 8.42 Å². The third-order valence-electron chi connectivity index (χ3n) is 5.65. The summed E-state index contributed by atoms with van der Waals surface area (Å²) in [6.45, 7) is 4.01. The first-order valence-corrected chi connectivity index (χ1v) is 11.7. The molecular formula is C21H23N5O2S. The Morgan fingerprint density at radius 2 is 1.69 bits per heavy atom. The molecule has 3 heterocycles. The van der Waals surface area contributed by atoms with Gasteiger partial charge in [-0.1, -0.05) is 30.3 Å². The molecule has 2 aromatic carbocycles. The molecule has 0 amide bonds. The van der Waals surface area contributed by atoms with Gasteiger partial charge >= 0.3 is 0 Å². The lowest BCUT2D eigenvalue weighted by molar-refractivity contribution is 0.388. The van der Waals surface area contributed by atoms with Crippen LogP contribution in [0.25, 0.3) is 0 Å². The number of amidine groups is 1. The van der Waals surface area contributed by atoms with Gasteiger partial charge in [0, 0.05) is 44.0 Å². The second-order valence-corrected chi connectivity index (χ2v) is 9.49. The minimum Gasteiger partial charge on any atom is -0.369 e. The van der Waals surface area contributed by atoms with Crippen molar-refractivity contribution in [3.8, 4) is 0 Å². The Morgan fingerprint density at radius 1 is 0.931 bits per heavy atom. The van der Waals surface area contributed by atoms with Crippen molar-refractivity contribution in [2.45, 2.75) is 0 Å². The molecule has 1 fully saturated rings. The van der Waals surface area contributed by atoms with Crippen molar-refractivity contribution in [2.24, 2.45) is 9.98 Å². The highest BCUT2D eigenvalue weighted by Crippen LogP contribution is 2.38. The zero-order valence-corrected chi connectivity index (χ0v) is 17.1. The number of anilines is 2. The molecule has 2 aromatic rings. The summed E-state index contributed by atoms with van der Waals surface area (Å²) in [5.74, 6) is 0.933. The van der Waals surface area contributed by atoms with Crippen LogP contribution >= 0.6 is 0 Å². The maximum atomic E-state index is 11.8. The highest BCUT2D eigenvalue weighted by molar-refractivity contribution is 7.88. The van der Waals surface area contributed by atoms with Crippen molar-refractivity contribution < 1.29 is 8.42 Å². The maximum Gasteiger partial charge on any atom is 0.211 e. The van der Waals surface area contributed by atoms with E-state index in [1.54, 1.807) is 4.31 Å². The first kappa shape index (κ1) is 18.3. The van der Waals surface area contributed by atoms with Crippen LogP contribution in [-0.4, -0.2) is 69.8 Å². The molecule has 150 valence electrons. The predicted octanol–water partition coefficient (Wildman–Crippen LogP) is 2.12. The third-order valence-corrected chi connectivity index (χ3v) is 6.96. The molecule has 0 saturated carbocycles. The Labute approximate surface area is 171 Å². The molecule has 3 aliphatic heterocycles. The summed E-state index contributed by atoms with van der Waals surface area (Å²) in [4.78, 5) is 14.1. The first-order chi connectivity index (χ1) is 14.0. The van der Waals surface area contributed by atoms with Crippen LogP contribution in [-0.2, 0) is 10.0 Å². The van der Waals surface area contributed by atoms with E-state index in [1.165, 1.54) is 6.26 Å². The lowest BCUT2D eigenvalue weighted by atomic mass is 10.1. The average molecular weight is 410 g/mol. The summed E-state index contributed by atoms with van der Waals surface area (Å²) < 4.78 is 25.1. The molecule has 0 aliphatic carbocycles. The van der Waals surface area contributed by atoms with Gasteiger partial charge in [-0.25, -0.2) is 13.4 Å². The Kier molecular flexibility index (Phi) is 4.40. The zero-order chi connectivity index (χ0) is 20.0. The summed E-state index contributed by atoms with van der Waals surface area (Å²) in [5.41, 5.74) is 5.11. The first-order valence-electron chi connectivity index (χ1n) is 9.81. The van der Waals surface area contributed by atoms with E-state index in [-0.39, 0.29) is 0 Å². The van der Waals surface area contributed by atoms with Crippen molar-refractivity contribution in [1.29, 1.82) is 0 Å². The quantitative estimate of drug-likeness (QED) is 0.779. The summed E-state index contributed by atoms with van der Waals surface area (Å²) in [6, 6.07) is 16.5. The molecule has 29 heavy (non-hydrogen) atoms. The number of hydrogen-bond donors (Lipinski definition) is 0. The molecule has 1 saturated heterocycles. The topological polar surface area (TPSA) is 68.6 Å². The SMILES string of the molecule is CS(=O)(=O)N1CCN(c2ccc3c(c2)N2CCN=C2C(c2ccccc2)=N3)CC1. The van der Waals surface area contributed by atoms with E-state index < -0.39 is 10.0 Å². The number of sulfonamides is 1. The molecule has 0 spiro atoms. The molecule has 3 aliphatic rings. The van der Waals surface area contributed by atoms with Crippen LogP contribution in [0.1, 0.15) is 5.56 Å². The standard InChI is InChI=1S/C21H23N5O2S/c1-29(27,28)25-13-11-24(12-14-25)17-7-8-18-19(15-17)26-10-9-22-21(26)20(23-18)16-5-3-2-4-6-16/h2-8,15H,9-14H2,1H3. The zero-order valence-electron chi connectivity index (χ0n) is 16.3. The highest BCUT2D eigenvalue weighted by atomic mass is 32.2. The van der Waals surface area contributed by atoms with Crippen LogP contribution in [0, 0.1) is 0 Å². The fourth-order valence-electron chi connectivity index (χ4n) is 4.14. The Hall–Kier alpha value is -2.71. The molecule has 0 atom stereocenters. The lowest BCUT2D eigenvalue weighted by Crippen LogP contribution is -2.48. The van der Waals surface area contributed by atoms with E-state index in [0.29, 0.717) is 26.2 Å². The van der Waals surface area contributed by atoms with Crippen molar-refractivity contribution in [3.63, 3.8) is 0 Å². The monoisotopic (exact) mass is 409 g/mol. The van der Waals surface area contributed by atoms with Crippen LogP contribution in [0.5, 0.6) is 0 Å². The van der Waals surface area contributed by atoms with Gasteiger partial charge in [-0.3, -0.25) is 4.99 Å². The van der Waals surface area contributed by atoms with Crippen LogP contribution in [0.3, 0.4) is 0 Å². The molecule has 0 aromatic heterocycles. The number of benzene rings is 2. The van der Waals surface area contributed by atoms with Gasteiger partial charge in [0.1, 0.15) is 5.71 Å².